The highest BCUT2D eigenvalue weighted by Gasteiger charge is 2.42. The second kappa shape index (κ2) is 7.00. The SMILES string of the molecule is CC(C)C1CCC(NC(=O)c2cccc(-c3ccccc3)c2)S1(=O)=O. The first-order valence-corrected chi connectivity index (χ1v) is 10.2. The van der Waals surface area contributed by atoms with Gasteiger partial charge in [-0.25, -0.2) is 8.42 Å². The number of amides is 1. The first-order chi connectivity index (χ1) is 11.9. The fourth-order valence-corrected chi connectivity index (χ4v) is 5.80. The van der Waals surface area contributed by atoms with E-state index in [0.717, 1.165) is 11.1 Å². The Morgan fingerprint density at radius 1 is 1.00 bits per heavy atom. The minimum atomic E-state index is -3.32. The molecule has 132 valence electrons. The van der Waals surface area contributed by atoms with E-state index in [4.69, 9.17) is 0 Å². The van der Waals surface area contributed by atoms with Crippen molar-refractivity contribution in [2.45, 2.75) is 37.3 Å². The van der Waals surface area contributed by atoms with Crippen LogP contribution in [0.2, 0.25) is 0 Å². The van der Waals surface area contributed by atoms with Gasteiger partial charge in [-0.2, -0.15) is 0 Å². The van der Waals surface area contributed by atoms with Crippen LogP contribution in [0.15, 0.2) is 54.6 Å². The van der Waals surface area contributed by atoms with Crippen molar-refractivity contribution >= 4 is 15.7 Å². The molecule has 5 heteroatoms. The molecule has 1 amide bonds. The van der Waals surface area contributed by atoms with Crippen LogP contribution < -0.4 is 5.32 Å². The summed E-state index contributed by atoms with van der Waals surface area (Å²) in [6.07, 6.45) is 1.09. The Bertz CT molecular complexity index is 860. The Labute approximate surface area is 149 Å². The molecule has 1 aliphatic heterocycles. The first kappa shape index (κ1) is 17.7. The Morgan fingerprint density at radius 3 is 2.32 bits per heavy atom. The van der Waals surface area contributed by atoms with Gasteiger partial charge in [-0.15, -0.1) is 0 Å². The number of sulfone groups is 1. The van der Waals surface area contributed by atoms with Gasteiger partial charge < -0.3 is 5.32 Å². The molecular weight excluding hydrogens is 334 g/mol. The molecule has 1 fully saturated rings. The maximum atomic E-state index is 12.6. The van der Waals surface area contributed by atoms with E-state index in [2.05, 4.69) is 5.32 Å². The van der Waals surface area contributed by atoms with Gasteiger partial charge in [0.2, 0.25) is 0 Å². The highest BCUT2D eigenvalue weighted by Crippen LogP contribution is 2.31. The summed E-state index contributed by atoms with van der Waals surface area (Å²) < 4.78 is 25.1. The van der Waals surface area contributed by atoms with Gasteiger partial charge in [-0.3, -0.25) is 4.79 Å². The van der Waals surface area contributed by atoms with E-state index in [0.29, 0.717) is 18.4 Å². The Kier molecular flexibility index (Phi) is 4.95. The molecular formula is C20H23NO3S. The third kappa shape index (κ3) is 3.61. The average Bonchev–Trinajstić information content (AvgIpc) is 2.90. The summed E-state index contributed by atoms with van der Waals surface area (Å²) in [5.74, 6) is -0.274. The van der Waals surface area contributed by atoms with Crippen molar-refractivity contribution in [2.75, 3.05) is 0 Å². The molecule has 1 saturated heterocycles. The van der Waals surface area contributed by atoms with E-state index in [1.807, 2.05) is 56.3 Å². The van der Waals surface area contributed by atoms with Gasteiger partial charge >= 0.3 is 0 Å². The van der Waals surface area contributed by atoms with E-state index in [-0.39, 0.29) is 17.1 Å². The summed E-state index contributed by atoms with van der Waals surface area (Å²) in [4.78, 5) is 12.6. The zero-order valence-corrected chi connectivity index (χ0v) is 15.3. The molecule has 0 aromatic heterocycles. The van der Waals surface area contributed by atoms with E-state index >= 15 is 0 Å². The number of carbonyl (C=O) groups is 1. The quantitative estimate of drug-likeness (QED) is 0.908. The second-order valence-corrected chi connectivity index (χ2v) is 9.21. The van der Waals surface area contributed by atoms with Crippen molar-refractivity contribution in [3.63, 3.8) is 0 Å². The lowest BCUT2D eigenvalue weighted by molar-refractivity contribution is 0.0948. The van der Waals surface area contributed by atoms with Crippen LogP contribution in [-0.2, 0) is 9.84 Å². The molecule has 4 nitrogen and oxygen atoms in total. The molecule has 2 aromatic carbocycles. The minimum absolute atomic E-state index is 0.0633. The first-order valence-electron chi connectivity index (χ1n) is 8.58. The molecule has 0 bridgehead atoms. The van der Waals surface area contributed by atoms with Crippen LogP contribution in [0.3, 0.4) is 0 Å². The van der Waals surface area contributed by atoms with Crippen molar-refractivity contribution in [2.24, 2.45) is 5.92 Å². The number of rotatable bonds is 4. The van der Waals surface area contributed by atoms with Gasteiger partial charge in [0.15, 0.2) is 9.84 Å². The van der Waals surface area contributed by atoms with E-state index in [1.54, 1.807) is 12.1 Å². The Hall–Kier alpha value is -2.14. The summed E-state index contributed by atoms with van der Waals surface area (Å²) in [7, 11) is -3.32. The number of benzene rings is 2. The lowest BCUT2D eigenvalue weighted by Gasteiger charge is -2.17. The number of hydrogen-bond donors (Lipinski definition) is 1. The van der Waals surface area contributed by atoms with Gasteiger partial charge in [0.05, 0.1) is 5.25 Å². The Balaban J connectivity index is 1.79. The molecule has 25 heavy (non-hydrogen) atoms. The molecule has 0 spiro atoms. The van der Waals surface area contributed by atoms with E-state index < -0.39 is 15.2 Å². The van der Waals surface area contributed by atoms with Crippen LogP contribution in [0.25, 0.3) is 11.1 Å². The van der Waals surface area contributed by atoms with Crippen molar-refractivity contribution < 1.29 is 13.2 Å². The molecule has 0 saturated carbocycles. The van der Waals surface area contributed by atoms with Crippen LogP contribution in [0.4, 0.5) is 0 Å². The predicted molar refractivity (Wildman–Crippen MR) is 99.9 cm³/mol. The molecule has 2 atom stereocenters. The molecule has 0 aliphatic carbocycles. The van der Waals surface area contributed by atoms with Gasteiger partial charge in [-0.05, 0) is 42.0 Å². The predicted octanol–water partition coefficient (Wildman–Crippen LogP) is 3.64. The minimum Gasteiger partial charge on any atom is -0.335 e. The smallest absolute Gasteiger partial charge is 0.252 e. The summed E-state index contributed by atoms with van der Waals surface area (Å²) in [5.41, 5.74) is 2.43. The topological polar surface area (TPSA) is 63.2 Å². The summed E-state index contributed by atoms with van der Waals surface area (Å²) in [6, 6.07) is 17.0. The molecule has 3 rings (SSSR count). The fraction of sp³-hybridized carbons (Fsp3) is 0.350. The second-order valence-electron chi connectivity index (χ2n) is 6.86. The highest BCUT2D eigenvalue weighted by atomic mass is 32.2. The van der Waals surface area contributed by atoms with Crippen LogP contribution in [0, 0.1) is 5.92 Å². The van der Waals surface area contributed by atoms with Crippen LogP contribution in [0.5, 0.6) is 0 Å². The number of carbonyl (C=O) groups excluding carboxylic acids is 1. The summed E-state index contributed by atoms with van der Waals surface area (Å²) in [6.45, 7) is 3.82. The highest BCUT2D eigenvalue weighted by molar-refractivity contribution is 7.92. The molecule has 0 radical (unpaired) electrons. The molecule has 1 aliphatic rings. The fourth-order valence-electron chi connectivity index (χ4n) is 3.42. The van der Waals surface area contributed by atoms with Crippen LogP contribution in [0.1, 0.15) is 37.0 Å². The molecule has 1 N–H and O–H groups in total. The molecule has 2 aromatic rings. The van der Waals surface area contributed by atoms with Crippen molar-refractivity contribution in [3.05, 3.63) is 60.2 Å². The third-order valence-electron chi connectivity index (χ3n) is 4.80. The number of nitrogens with one attached hydrogen (secondary N) is 1. The maximum absolute atomic E-state index is 12.6. The summed E-state index contributed by atoms with van der Waals surface area (Å²) >= 11 is 0. The largest absolute Gasteiger partial charge is 0.335 e. The van der Waals surface area contributed by atoms with Crippen LogP contribution >= 0.6 is 0 Å². The van der Waals surface area contributed by atoms with E-state index in [1.165, 1.54) is 0 Å². The van der Waals surface area contributed by atoms with Crippen LogP contribution in [-0.4, -0.2) is 24.9 Å². The third-order valence-corrected chi connectivity index (χ3v) is 7.57. The van der Waals surface area contributed by atoms with Gasteiger partial charge in [0.25, 0.3) is 5.91 Å². The lowest BCUT2D eigenvalue weighted by Crippen LogP contribution is -2.40. The van der Waals surface area contributed by atoms with Crippen molar-refractivity contribution in [1.82, 2.24) is 5.32 Å². The van der Waals surface area contributed by atoms with Crippen molar-refractivity contribution in [3.8, 4) is 11.1 Å². The zero-order valence-electron chi connectivity index (χ0n) is 14.5. The molecule has 2 unspecified atom stereocenters. The normalized spacial score (nSPS) is 22.0. The lowest BCUT2D eigenvalue weighted by atomic mass is 10.0. The van der Waals surface area contributed by atoms with Gasteiger partial charge in [0.1, 0.15) is 5.37 Å². The van der Waals surface area contributed by atoms with Gasteiger partial charge in [0, 0.05) is 5.56 Å². The summed E-state index contributed by atoms with van der Waals surface area (Å²) in [5, 5.41) is 1.57. The zero-order chi connectivity index (χ0) is 18.0. The van der Waals surface area contributed by atoms with Gasteiger partial charge in [-0.1, -0.05) is 56.3 Å². The molecule has 1 heterocycles. The number of hydrogen-bond acceptors (Lipinski definition) is 3. The standard InChI is InChI=1S/C20H23NO3S/c1-14(2)18-11-12-19(25(18,23)24)21-20(22)17-10-6-9-16(13-17)15-7-4-3-5-8-15/h3-10,13-14,18-19H,11-12H2,1-2H3,(H,21,22). The average molecular weight is 357 g/mol. The van der Waals surface area contributed by atoms with Crippen molar-refractivity contribution in [1.29, 1.82) is 0 Å². The Morgan fingerprint density at radius 2 is 1.68 bits per heavy atom. The van der Waals surface area contributed by atoms with E-state index in [9.17, 15) is 13.2 Å². The monoisotopic (exact) mass is 357 g/mol. The maximum Gasteiger partial charge on any atom is 0.252 e.